The highest BCUT2D eigenvalue weighted by atomic mass is 32.2. The van der Waals surface area contributed by atoms with Gasteiger partial charge >= 0.3 is 0 Å². The number of aromatic nitrogens is 1. The van der Waals surface area contributed by atoms with Crippen LogP contribution in [-0.4, -0.2) is 30.3 Å². The first kappa shape index (κ1) is 16.0. The Morgan fingerprint density at radius 2 is 2.05 bits per heavy atom. The lowest BCUT2D eigenvalue weighted by Crippen LogP contribution is -2.38. The van der Waals surface area contributed by atoms with E-state index in [1.807, 2.05) is 6.92 Å². The van der Waals surface area contributed by atoms with Crippen LogP contribution >= 0.6 is 0 Å². The second-order valence-electron chi connectivity index (χ2n) is 4.71. The summed E-state index contributed by atoms with van der Waals surface area (Å²) >= 11 is 0. The molecule has 6 heteroatoms. The topological polar surface area (TPSA) is 50.3 Å². The van der Waals surface area contributed by atoms with E-state index in [2.05, 4.69) is 4.98 Å². The van der Waals surface area contributed by atoms with Crippen molar-refractivity contribution >= 4 is 10.0 Å². The van der Waals surface area contributed by atoms with Crippen molar-refractivity contribution in [1.29, 1.82) is 0 Å². The number of unbranched alkanes of at least 4 members (excludes halogenated alkanes) is 2. The number of hydrogen-bond donors (Lipinski definition) is 0. The maximum atomic E-state index is 13.6. The summed E-state index contributed by atoms with van der Waals surface area (Å²) in [6, 6.07) is 2.28. The first-order chi connectivity index (χ1) is 8.91. The summed E-state index contributed by atoms with van der Waals surface area (Å²) < 4.78 is 39.8. The lowest BCUT2D eigenvalue weighted by Gasteiger charge is -2.25. The number of rotatable bonds is 7. The fraction of sp³-hybridized carbons (Fsp3) is 0.615. The fourth-order valence-electron chi connectivity index (χ4n) is 1.85. The Morgan fingerprint density at radius 1 is 1.37 bits per heavy atom. The smallest absolute Gasteiger partial charge is 0.241 e. The molecule has 19 heavy (non-hydrogen) atoms. The van der Waals surface area contributed by atoms with Crippen molar-refractivity contribution < 1.29 is 12.8 Å². The highest BCUT2D eigenvalue weighted by Crippen LogP contribution is 2.19. The Bertz CT molecular complexity index is 503. The van der Waals surface area contributed by atoms with E-state index in [-0.39, 0.29) is 6.04 Å². The molecule has 0 bridgehead atoms. The summed E-state index contributed by atoms with van der Waals surface area (Å²) in [6.07, 6.45) is 4.01. The summed E-state index contributed by atoms with van der Waals surface area (Å²) in [4.78, 5) is 3.68. The highest BCUT2D eigenvalue weighted by Gasteiger charge is 2.30. The van der Waals surface area contributed by atoms with Crippen LogP contribution in [0.1, 0.15) is 40.0 Å². The molecule has 4 nitrogen and oxygen atoms in total. The maximum Gasteiger partial charge on any atom is 0.263 e. The molecule has 0 aliphatic carbocycles. The zero-order valence-corrected chi connectivity index (χ0v) is 12.5. The van der Waals surface area contributed by atoms with Crippen molar-refractivity contribution in [3.05, 3.63) is 24.1 Å². The minimum absolute atomic E-state index is 0.219. The maximum absolute atomic E-state index is 13.6. The van der Waals surface area contributed by atoms with Gasteiger partial charge in [-0.05, 0) is 32.4 Å². The second kappa shape index (κ2) is 6.96. The SMILES string of the molecule is CCCCCN(C(C)C)S(=O)(=O)c1ncccc1F. The molecule has 0 N–H and O–H groups in total. The van der Waals surface area contributed by atoms with Gasteiger partial charge in [0.15, 0.2) is 5.82 Å². The average Bonchev–Trinajstić information content (AvgIpc) is 2.34. The van der Waals surface area contributed by atoms with Gasteiger partial charge in [0, 0.05) is 18.8 Å². The molecule has 0 aromatic carbocycles. The molecule has 0 atom stereocenters. The summed E-state index contributed by atoms with van der Waals surface area (Å²) in [5.74, 6) is -0.802. The normalized spacial score (nSPS) is 12.3. The van der Waals surface area contributed by atoms with Gasteiger partial charge in [0.2, 0.25) is 5.03 Å². The van der Waals surface area contributed by atoms with Crippen molar-refractivity contribution in [1.82, 2.24) is 9.29 Å². The molecule has 0 aliphatic heterocycles. The van der Waals surface area contributed by atoms with Crippen LogP contribution in [0.3, 0.4) is 0 Å². The molecule has 1 aromatic rings. The standard InChI is InChI=1S/C13H21FN2O2S/c1-4-5-6-10-16(11(2)3)19(17,18)13-12(14)8-7-9-15-13/h7-9,11H,4-6,10H2,1-3H3. The first-order valence-corrected chi connectivity index (χ1v) is 7.97. The molecule has 0 saturated heterocycles. The number of nitrogens with zero attached hydrogens (tertiary/aromatic N) is 2. The molecular formula is C13H21FN2O2S. The van der Waals surface area contributed by atoms with Gasteiger partial charge in [-0.1, -0.05) is 19.8 Å². The summed E-state index contributed by atoms with van der Waals surface area (Å²) in [5, 5.41) is -0.486. The first-order valence-electron chi connectivity index (χ1n) is 6.53. The molecule has 0 saturated carbocycles. The van der Waals surface area contributed by atoms with Gasteiger partial charge in [-0.3, -0.25) is 0 Å². The van der Waals surface area contributed by atoms with E-state index in [9.17, 15) is 12.8 Å². The van der Waals surface area contributed by atoms with Crippen LogP contribution in [0.2, 0.25) is 0 Å². The van der Waals surface area contributed by atoms with Gasteiger partial charge in [-0.15, -0.1) is 0 Å². The predicted molar refractivity (Wildman–Crippen MR) is 72.7 cm³/mol. The van der Waals surface area contributed by atoms with E-state index < -0.39 is 20.9 Å². The summed E-state index contributed by atoms with van der Waals surface area (Å²) in [5.41, 5.74) is 0. The molecule has 108 valence electrons. The molecule has 0 unspecified atom stereocenters. The van der Waals surface area contributed by atoms with Gasteiger partial charge in [0.1, 0.15) is 0 Å². The van der Waals surface area contributed by atoms with Crippen LogP contribution in [0.15, 0.2) is 23.4 Å². The molecule has 1 aromatic heterocycles. The Labute approximate surface area is 114 Å². The van der Waals surface area contributed by atoms with Crippen LogP contribution in [-0.2, 0) is 10.0 Å². The van der Waals surface area contributed by atoms with Crippen molar-refractivity contribution in [2.24, 2.45) is 0 Å². The molecule has 0 radical (unpaired) electrons. The van der Waals surface area contributed by atoms with E-state index in [1.165, 1.54) is 16.6 Å². The minimum Gasteiger partial charge on any atom is -0.241 e. The highest BCUT2D eigenvalue weighted by molar-refractivity contribution is 7.89. The van der Waals surface area contributed by atoms with E-state index in [4.69, 9.17) is 0 Å². The zero-order valence-electron chi connectivity index (χ0n) is 11.6. The van der Waals surface area contributed by atoms with Crippen LogP contribution in [0.4, 0.5) is 4.39 Å². The third-order valence-corrected chi connectivity index (χ3v) is 4.85. The predicted octanol–water partition coefficient (Wildman–Crippen LogP) is 2.81. The summed E-state index contributed by atoms with van der Waals surface area (Å²) in [6.45, 7) is 6.01. The van der Waals surface area contributed by atoms with Crippen LogP contribution in [0, 0.1) is 5.82 Å². The Kier molecular flexibility index (Phi) is 5.87. The molecule has 0 fully saturated rings. The Morgan fingerprint density at radius 3 is 2.58 bits per heavy atom. The number of sulfonamides is 1. The monoisotopic (exact) mass is 288 g/mol. The molecule has 1 heterocycles. The largest absolute Gasteiger partial charge is 0.263 e. The van der Waals surface area contributed by atoms with Crippen LogP contribution in [0.25, 0.3) is 0 Å². The third kappa shape index (κ3) is 3.98. The number of halogens is 1. The summed E-state index contributed by atoms with van der Waals surface area (Å²) in [7, 11) is -3.86. The van der Waals surface area contributed by atoms with Crippen molar-refractivity contribution in [2.75, 3.05) is 6.54 Å². The van der Waals surface area contributed by atoms with E-state index >= 15 is 0 Å². The molecule has 1 rings (SSSR count). The van der Waals surface area contributed by atoms with E-state index in [1.54, 1.807) is 13.8 Å². The quantitative estimate of drug-likeness (QED) is 0.725. The van der Waals surface area contributed by atoms with Crippen molar-refractivity contribution in [2.45, 2.75) is 51.1 Å². The second-order valence-corrected chi connectivity index (χ2v) is 6.51. The molecule has 0 spiro atoms. The van der Waals surface area contributed by atoms with Crippen molar-refractivity contribution in [3.8, 4) is 0 Å². The van der Waals surface area contributed by atoms with Gasteiger partial charge in [-0.2, -0.15) is 4.31 Å². The van der Waals surface area contributed by atoms with Gasteiger partial charge in [0.25, 0.3) is 10.0 Å². The van der Waals surface area contributed by atoms with Gasteiger partial charge in [-0.25, -0.2) is 17.8 Å². The van der Waals surface area contributed by atoms with Gasteiger partial charge in [0.05, 0.1) is 0 Å². The van der Waals surface area contributed by atoms with Crippen LogP contribution in [0.5, 0.6) is 0 Å². The average molecular weight is 288 g/mol. The fourth-order valence-corrected chi connectivity index (χ4v) is 3.50. The number of pyridine rings is 1. The molecule has 0 amide bonds. The van der Waals surface area contributed by atoms with Crippen LogP contribution < -0.4 is 0 Å². The molecular weight excluding hydrogens is 267 g/mol. The molecule has 0 aliphatic rings. The van der Waals surface area contributed by atoms with E-state index in [0.717, 1.165) is 25.3 Å². The van der Waals surface area contributed by atoms with E-state index in [0.29, 0.717) is 6.54 Å². The zero-order chi connectivity index (χ0) is 14.5. The van der Waals surface area contributed by atoms with Crippen molar-refractivity contribution in [3.63, 3.8) is 0 Å². The minimum atomic E-state index is -3.86. The lowest BCUT2D eigenvalue weighted by molar-refractivity contribution is 0.342. The third-order valence-electron chi connectivity index (χ3n) is 2.84. The Balaban J connectivity index is 3.03. The van der Waals surface area contributed by atoms with Gasteiger partial charge < -0.3 is 0 Å². The Hall–Kier alpha value is -1.01. The lowest BCUT2D eigenvalue weighted by atomic mass is 10.2. The number of hydrogen-bond acceptors (Lipinski definition) is 3.